The molecule has 0 aliphatic carbocycles. The van der Waals surface area contributed by atoms with Crippen molar-refractivity contribution >= 4 is 81.2 Å². The summed E-state index contributed by atoms with van der Waals surface area (Å²) in [5.74, 6) is -9.47. The predicted octanol–water partition coefficient (Wildman–Crippen LogP) is 26.2. The van der Waals surface area contributed by atoms with Crippen LogP contribution in [0.4, 0.5) is 61.5 Å². The van der Waals surface area contributed by atoms with Crippen LogP contribution in [-0.2, 0) is 0 Å². The first-order valence-corrected chi connectivity index (χ1v) is 28.5. The van der Waals surface area contributed by atoms with Gasteiger partial charge in [-0.25, -0.2) is 61.5 Å². The second-order valence-corrected chi connectivity index (χ2v) is 21.2. The molecule has 10 aromatic rings. The van der Waals surface area contributed by atoms with E-state index in [0.29, 0.717) is 33.8 Å². The van der Waals surface area contributed by atoms with Crippen molar-refractivity contribution < 1.29 is 61.5 Å². The van der Waals surface area contributed by atoms with E-state index in [0.717, 1.165) is 43.9 Å². The van der Waals surface area contributed by atoms with Gasteiger partial charge in [0.1, 0.15) is 64.0 Å². The second kappa shape index (κ2) is 42.3. The minimum atomic E-state index is -1.40. The fourth-order valence-electron chi connectivity index (χ4n) is 5.72. The standard InChI is InChI=1S/C7H6Cl2.2C7H6ClF.C7H7Cl.2C7H5F3.2C7H6F2.C7H7F.C6H3Cl2F/c1-5-6(8)3-2-4-7(5)9;1-5-2-3-6(8)4-7(5)9;1-5-3-2-4-6(9)7(5)8;1-6-4-2-3-5-7(6)8;1-4-6(9)2-5(8)3-7(4)10;1-4-2-3-5(8)7(10)6(4)9;1-5-2-3-6(8)4-7(5)9;1-5-6(8)3-2-4-7(5)9;1-6-4-2-3-5-7(6)8;7-4-2-1-3-5(9)6(4)8/h3*2-4H,1H3;2-5H,1H3;2*2-3H,1H3;2*2-4H,1H3;2-5H,1H3;1-3H. The maximum Gasteiger partial charge on any atom is 0.194 e. The molecule has 0 atom stereocenters. The Kier molecular flexibility index (Phi) is 38.2. The van der Waals surface area contributed by atoms with Crippen LogP contribution in [0.5, 0.6) is 0 Å². The fraction of sp³-hybridized carbons (Fsp3) is 0.130. The Bertz CT molecular complexity index is 3380. The normalized spacial score (nSPS) is 9.67. The Hall–Kier alpha value is -6.75. The molecule has 0 aliphatic heterocycles. The van der Waals surface area contributed by atoms with Crippen molar-refractivity contribution in [2.45, 2.75) is 62.3 Å². The summed E-state index contributed by atoms with van der Waals surface area (Å²) in [5, 5.41) is 3.18. The van der Waals surface area contributed by atoms with Gasteiger partial charge < -0.3 is 0 Å². The Morgan fingerprint density at radius 2 is 0.578 bits per heavy atom. The molecule has 0 radical (unpaired) electrons. The molecule has 10 rings (SSSR count). The van der Waals surface area contributed by atoms with Crippen molar-refractivity contribution in [3.63, 3.8) is 0 Å². The summed E-state index contributed by atoms with van der Waals surface area (Å²) in [5.41, 5.74) is 4.69. The van der Waals surface area contributed by atoms with Crippen molar-refractivity contribution in [2.75, 3.05) is 0 Å². The van der Waals surface area contributed by atoms with Crippen molar-refractivity contribution in [2.24, 2.45) is 0 Å². The molecule has 90 heavy (non-hydrogen) atoms. The topological polar surface area (TPSA) is 0 Å². The molecule has 0 fully saturated rings. The van der Waals surface area contributed by atoms with Crippen molar-refractivity contribution in [1.29, 1.82) is 0 Å². The lowest BCUT2D eigenvalue weighted by atomic mass is 10.2. The molecule has 0 amide bonds. The van der Waals surface area contributed by atoms with Crippen LogP contribution in [0.1, 0.15) is 50.1 Å². The Morgan fingerprint density at radius 3 is 0.956 bits per heavy atom. The lowest BCUT2D eigenvalue weighted by molar-refractivity contribution is 0.443. The average molecular weight is 1400 g/mol. The highest BCUT2D eigenvalue weighted by Gasteiger charge is 2.10. The van der Waals surface area contributed by atoms with Crippen molar-refractivity contribution in [1.82, 2.24) is 0 Å². The number of rotatable bonds is 0. The Labute approximate surface area is 550 Å². The van der Waals surface area contributed by atoms with E-state index in [2.05, 4.69) is 0 Å². The second-order valence-electron chi connectivity index (χ2n) is 18.4. The minimum Gasteiger partial charge on any atom is -0.207 e. The summed E-state index contributed by atoms with van der Waals surface area (Å²) >= 11 is 39.0. The van der Waals surface area contributed by atoms with Gasteiger partial charge in [-0.1, -0.05) is 166 Å². The van der Waals surface area contributed by atoms with Gasteiger partial charge in [0.05, 0.1) is 15.1 Å². The zero-order valence-corrected chi connectivity index (χ0v) is 54.5. The maximum atomic E-state index is 12.5. The summed E-state index contributed by atoms with van der Waals surface area (Å²) in [6.45, 7) is 14.7. The average Bonchev–Trinajstić information content (AvgIpc) is 3.38. The summed E-state index contributed by atoms with van der Waals surface area (Å²) in [6.07, 6.45) is 0. The third kappa shape index (κ3) is 30.8. The monoisotopic (exact) mass is 1400 g/mol. The summed E-state index contributed by atoms with van der Waals surface area (Å²) < 4.78 is 172. The molecule has 480 valence electrons. The molecular weight excluding hydrogens is 1340 g/mol. The quantitative estimate of drug-likeness (QED) is 0.105. The van der Waals surface area contributed by atoms with Crippen LogP contribution in [0.15, 0.2) is 182 Å². The molecule has 0 aliphatic rings. The highest BCUT2D eigenvalue weighted by molar-refractivity contribution is 6.42. The van der Waals surface area contributed by atoms with Crippen LogP contribution in [0.25, 0.3) is 0 Å². The van der Waals surface area contributed by atoms with Gasteiger partial charge in [0.2, 0.25) is 0 Å². The molecular formula is C69H57Cl7F14. The van der Waals surface area contributed by atoms with Gasteiger partial charge in [-0.05, 0) is 180 Å². The first kappa shape index (κ1) is 81.3. The number of hydrogen-bond acceptors (Lipinski definition) is 0. The van der Waals surface area contributed by atoms with Crippen LogP contribution < -0.4 is 0 Å². The largest absolute Gasteiger partial charge is 0.207 e. The molecule has 0 saturated carbocycles. The zero-order valence-electron chi connectivity index (χ0n) is 49.3. The van der Waals surface area contributed by atoms with Gasteiger partial charge in [0, 0.05) is 49.4 Å². The molecule has 0 saturated heterocycles. The third-order valence-electron chi connectivity index (χ3n) is 11.3. The lowest BCUT2D eigenvalue weighted by Gasteiger charge is -1.96. The van der Waals surface area contributed by atoms with E-state index in [1.54, 1.807) is 64.1 Å². The zero-order chi connectivity index (χ0) is 68.5. The molecule has 0 bridgehead atoms. The molecule has 0 nitrogen and oxygen atoms in total. The molecule has 0 unspecified atom stereocenters. The van der Waals surface area contributed by atoms with Gasteiger partial charge in [0.25, 0.3) is 0 Å². The number of aryl methyl sites for hydroxylation is 6. The number of halogens is 21. The highest BCUT2D eigenvalue weighted by atomic mass is 35.5. The van der Waals surface area contributed by atoms with Gasteiger partial charge in [-0.15, -0.1) is 0 Å². The predicted molar refractivity (Wildman–Crippen MR) is 342 cm³/mol. The van der Waals surface area contributed by atoms with Crippen LogP contribution in [0, 0.1) is 144 Å². The van der Waals surface area contributed by atoms with Crippen molar-refractivity contribution in [3.05, 3.63) is 349 Å². The van der Waals surface area contributed by atoms with Gasteiger partial charge >= 0.3 is 0 Å². The van der Waals surface area contributed by atoms with E-state index in [1.807, 2.05) is 62.4 Å². The Balaban J connectivity index is 0.000000500. The van der Waals surface area contributed by atoms with E-state index in [1.165, 1.54) is 93.6 Å². The SMILES string of the molecule is Cc1c(Cl)cccc1Cl.Cc1c(F)cc(F)cc1F.Cc1c(F)cccc1F.Cc1ccc(Cl)cc1F.Cc1ccc(F)c(F)c1F.Cc1ccc(F)cc1F.Cc1cccc(F)c1Cl.Cc1ccccc1Cl.Cc1ccccc1F.Fc1cccc(Cl)c1Cl. The van der Waals surface area contributed by atoms with Crippen LogP contribution in [0.2, 0.25) is 35.2 Å². The Morgan fingerprint density at radius 1 is 0.211 bits per heavy atom. The van der Waals surface area contributed by atoms with Crippen LogP contribution in [0.3, 0.4) is 0 Å². The van der Waals surface area contributed by atoms with Gasteiger partial charge in [-0.2, -0.15) is 0 Å². The van der Waals surface area contributed by atoms with Crippen LogP contribution >= 0.6 is 81.2 Å². The molecule has 0 N–H and O–H groups in total. The van der Waals surface area contributed by atoms with E-state index in [9.17, 15) is 61.5 Å². The maximum absolute atomic E-state index is 12.5. The molecule has 10 aromatic carbocycles. The smallest absolute Gasteiger partial charge is 0.194 e. The third-order valence-corrected chi connectivity index (χ3v) is 14.1. The van der Waals surface area contributed by atoms with E-state index < -0.39 is 64.0 Å². The first-order chi connectivity index (χ1) is 42.1. The first-order valence-electron chi connectivity index (χ1n) is 25.9. The van der Waals surface area contributed by atoms with Gasteiger partial charge in [-0.3, -0.25) is 0 Å². The number of benzene rings is 10. The summed E-state index contributed by atoms with van der Waals surface area (Å²) in [6, 6.07) is 44.3. The van der Waals surface area contributed by atoms with E-state index >= 15 is 0 Å². The summed E-state index contributed by atoms with van der Waals surface area (Å²) in [4.78, 5) is 0. The number of hydrogen-bond donors (Lipinski definition) is 0. The van der Waals surface area contributed by atoms with E-state index in [-0.39, 0.29) is 49.2 Å². The van der Waals surface area contributed by atoms with Crippen LogP contribution in [-0.4, -0.2) is 0 Å². The highest BCUT2D eigenvalue weighted by Crippen LogP contribution is 2.25. The molecule has 0 spiro atoms. The molecule has 21 heteroatoms. The summed E-state index contributed by atoms with van der Waals surface area (Å²) in [7, 11) is 0. The van der Waals surface area contributed by atoms with Crippen molar-refractivity contribution in [3.8, 4) is 0 Å². The minimum absolute atomic E-state index is 0.0147. The molecule has 0 heterocycles. The lowest BCUT2D eigenvalue weighted by Crippen LogP contribution is -1.92. The van der Waals surface area contributed by atoms with E-state index in [4.69, 9.17) is 81.2 Å². The fourth-order valence-corrected chi connectivity index (χ4v) is 6.83. The van der Waals surface area contributed by atoms with Gasteiger partial charge in [0.15, 0.2) is 17.5 Å². The molecule has 0 aromatic heterocycles.